The van der Waals surface area contributed by atoms with Gasteiger partial charge in [0, 0.05) is 43.1 Å². The number of rotatable bonds is 19. The molecule has 4 aromatic rings. The minimum absolute atomic E-state index is 0.254. The van der Waals surface area contributed by atoms with E-state index in [1.807, 2.05) is 13.8 Å². The summed E-state index contributed by atoms with van der Waals surface area (Å²) >= 11 is 5.19. The molecule has 0 atom stereocenters. The molecule has 5 rings (SSSR count). The molecule has 4 heterocycles. The van der Waals surface area contributed by atoms with Gasteiger partial charge in [0.25, 0.3) is 6.29 Å². The molecule has 1 aromatic carbocycles. The highest BCUT2D eigenvalue weighted by Gasteiger charge is 2.62. The fourth-order valence-electron chi connectivity index (χ4n) is 5.66. The summed E-state index contributed by atoms with van der Waals surface area (Å²) in [6.45, 7) is 9.57. The smallest absolute Gasteiger partial charge is 0.465 e. The van der Waals surface area contributed by atoms with Gasteiger partial charge in [0.1, 0.15) is 11.5 Å². The molecule has 0 unspecified atom stereocenters. The van der Waals surface area contributed by atoms with E-state index in [1.165, 1.54) is 61.1 Å². The number of unbranched alkanes of at least 4 members (excludes halogenated alkanes) is 9. The average Bonchev–Trinajstić information content (AvgIpc) is 3.86. The normalized spacial score (nSPS) is 17.1. The van der Waals surface area contributed by atoms with Gasteiger partial charge in [0.05, 0.1) is 25.2 Å². The monoisotopic (exact) mass is 725 g/mol. The van der Waals surface area contributed by atoms with Crippen LogP contribution in [0.25, 0.3) is 30.6 Å². The van der Waals surface area contributed by atoms with Crippen LogP contribution in [0.5, 0.6) is 11.5 Å². The first-order valence-electron chi connectivity index (χ1n) is 17.6. The topological polar surface area (TPSA) is 46.2 Å². The molecular weight excluding hydrogens is 676 g/mol. The summed E-state index contributed by atoms with van der Waals surface area (Å²) in [6, 6.07) is 17.2. The van der Waals surface area contributed by atoms with Crippen LogP contribution in [0.4, 0.5) is 0 Å². The zero-order chi connectivity index (χ0) is 33.8. The SMILES string of the molecule is CCCCCCCCC#Cc1ccc(-c2ccc(-c3cc(OCCCCCC)c(-c4ccc([P+]5(OCC)OC(C)O5)s4)cc3OC)s2)s1. The van der Waals surface area contributed by atoms with Gasteiger partial charge < -0.3 is 9.47 Å². The number of thiophene rings is 3. The molecule has 258 valence electrons. The Kier molecular flexibility index (Phi) is 14.4. The molecule has 1 saturated heterocycles. The van der Waals surface area contributed by atoms with Crippen LogP contribution in [0.15, 0.2) is 48.5 Å². The first-order chi connectivity index (χ1) is 23.5. The van der Waals surface area contributed by atoms with Crippen molar-refractivity contribution < 1.29 is 23.0 Å². The van der Waals surface area contributed by atoms with Crippen molar-refractivity contribution in [1.29, 1.82) is 0 Å². The van der Waals surface area contributed by atoms with Crippen LogP contribution in [0.1, 0.15) is 103 Å². The molecule has 9 heteroatoms. The number of methoxy groups -OCH3 is 1. The molecular formula is C39H50O5PS3+. The van der Waals surface area contributed by atoms with E-state index in [0.29, 0.717) is 13.2 Å². The summed E-state index contributed by atoms with van der Waals surface area (Å²) in [7, 11) is -0.761. The van der Waals surface area contributed by atoms with E-state index < -0.39 is 7.94 Å². The fraction of sp³-hybridized carbons (Fsp3) is 0.487. The zero-order valence-electron chi connectivity index (χ0n) is 29.1. The molecule has 0 spiro atoms. The van der Waals surface area contributed by atoms with Gasteiger partial charge in [-0.2, -0.15) is 4.52 Å². The number of hydrogen-bond acceptors (Lipinski definition) is 8. The Labute approximate surface area is 300 Å². The summed E-state index contributed by atoms with van der Waals surface area (Å²) < 4.78 is 31.7. The lowest BCUT2D eigenvalue weighted by Crippen LogP contribution is -2.33. The van der Waals surface area contributed by atoms with E-state index in [-0.39, 0.29) is 6.29 Å². The Bertz CT molecular complexity index is 1630. The third-order valence-corrected chi connectivity index (χ3v) is 14.8. The summed E-state index contributed by atoms with van der Waals surface area (Å²) in [6.07, 6.45) is 13.1. The molecule has 0 aliphatic carbocycles. The Morgan fingerprint density at radius 3 is 2.08 bits per heavy atom. The molecule has 48 heavy (non-hydrogen) atoms. The summed E-state index contributed by atoms with van der Waals surface area (Å²) in [5.74, 6) is 8.47. The molecule has 0 N–H and O–H groups in total. The molecule has 0 amide bonds. The molecule has 3 aromatic heterocycles. The van der Waals surface area contributed by atoms with Gasteiger partial charge in [0.2, 0.25) is 4.62 Å². The Morgan fingerprint density at radius 2 is 1.33 bits per heavy atom. The largest absolute Gasteiger partial charge is 0.496 e. The number of hydrogen-bond donors (Lipinski definition) is 0. The highest BCUT2D eigenvalue weighted by atomic mass is 32.1. The predicted octanol–water partition coefficient (Wildman–Crippen LogP) is 12.8. The second kappa shape index (κ2) is 18.7. The first kappa shape index (κ1) is 37.1. The van der Waals surface area contributed by atoms with Crippen molar-refractivity contribution in [1.82, 2.24) is 0 Å². The maximum absolute atomic E-state index is 6.53. The van der Waals surface area contributed by atoms with E-state index >= 15 is 0 Å². The molecule has 0 saturated carbocycles. The van der Waals surface area contributed by atoms with Gasteiger partial charge in [-0.05, 0) is 69.2 Å². The second-order valence-electron chi connectivity index (χ2n) is 11.9. The van der Waals surface area contributed by atoms with Crippen molar-refractivity contribution in [2.24, 2.45) is 0 Å². The number of benzene rings is 1. The van der Waals surface area contributed by atoms with Crippen molar-refractivity contribution in [3.63, 3.8) is 0 Å². The summed E-state index contributed by atoms with van der Waals surface area (Å²) in [4.78, 5) is 5.81. The van der Waals surface area contributed by atoms with Crippen LogP contribution in [-0.2, 0) is 13.6 Å². The molecule has 0 radical (unpaired) electrons. The van der Waals surface area contributed by atoms with E-state index in [2.05, 4.69) is 74.2 Å². The quantitative estimate of drug-likeness (QED) is 0.0547. The van der Waals surface area contributed by atoms with Gasteiger partial charge >= 0.3 is 7.94 Å². The third kappa shape index (κ3) is 9.52. The lowest BCUT2D eigenvalue weighted by Gasteiger charge is -2.31. The fourth-order valence-corrected chi connectivity index (χ4v) is 11.4. The van der Waals surface area contributed by atoms with E-state index in [1.54, 1.807) is 41.1 Å². The van der Waals surface area contributed by atoms with Crippen LogP contribution in [0, 0.1) is 11.8 Å². The summed E-state index contributed by atoms with van der Waals surface area (Å²) in [5.41, 5.74) is 2.04. The highest BCUT2D eigenvalue weighted by molar-refractivity contribution is 7.76. The zero-order valence-corrected chi connectivity index (χ0v) is 32.4. The van der Waals surface area contributed by atoms with Crippen LogP contribution in [0.2, 0.25) is 0 Å². The van der Waals surface area contributed by atoms with Crippen LogP contribution in [-0.4, -0.2) is 26.6 Å². The minimum Gasteiger partial charge on any atom is -0.496 e. The lowest BCUT2D eigenvalue weighted by molar-refractivity contribution is -0.0968. The Hall–Kier alpha value is -2.21. The van der Waals surface area contributed by atoms with Gasteiger partial charge in [-0.1, -0.05) is 88.4 Å². The second-order valence-corrected chi connectivity index (χ2v) is 17.6. The van der Waals surface area contributed by atoms with Crippen molar-refractivity contribution in [2.75, 3.05) is 20.3 Å². The number of ether oxygens (including phenoxy) is 2. The minimum atomic E-state index is -2.50. The highest BCUT2D eigenvalue weighted by Crippen LogP contribution is 2.71. The first-order valence-corrected chi connectivity index (χ1v) is 21.5. The molecule has 5 nitrogen and oxygen atoms in total. The summed E-state index contributed by atoms with van der Waals surface area (Å²) in [5, 5.41) is 0. The van der Waals surface area contributed by atoms with Gasteiger partial charge in [-0.3, -0.25) is 0 Å². The van der Waals surface area contributed by atoms with Gasteiger partial charge in [-0.15, -0.1) is 31.7 Å². The van der Waals surface area contributed by atoms with Crippen LogP contribution in [0.3, 0.4) is 0 Å². The average molecular weight is 726 g/mol. The standard InChI is InChI=1S/C39H50O5PS3/c1-6-9-11-13-14-15-16-17-19-30-20-21-37(46-30)38-23-22-35(47-38)31-28-34(41-26-18-12-10-7-2)32(27-33(31)40-5)36-24-25-39(48-36)45(42-8-3)43-29(4)44-45/h20-25,27-29H,6-16,18,26H2,1-5H3/q+1. The Balaban J connectivity index is 1.36. The van der Waals surface area contributed by atoms with E-state index in [0.717, 1.165) is 61.1 Å². The molecule has 0 bridgehead atoms. The lowest BCUT2D eigenvalue weighted by atomic mass is 10.1. The molecule has 1 aliphatic rings. The van der Waals surface area contributed by atoms with E-state index in [4.69, 9.17) is 23.0 Å². The third-order valence-electron chi connectivity index (χ3n) is 8.15. The van der Waals surface area contributed by atoms with Crippen molar-refractivity contribution in [2.45, 2.75) is 105 Å². The Morgan fingerprint density at radius 1 is 0.708 bits per heavy atom. The maximum Gasteiger partial charge on any atom is 0.465 e. The van der Waals surface area contributed by atoms with Gasteiger partial charge in [-0.25, -0.2) is 0 Å². The molecule has 1 fully saturated rings. The maximum atomic E-state index is 6.53. The van der Waals surface area contributed by atoms with Crippen molar-refractivity contribution >= 4 is 46.6 Å². The van der Waals surface area contributed by atoms with Crippen molar-refractivity contribution in [3.8, 4) is 54.0 Å². The van der Waals surface area contributed by atoms with Gasteiger partial charge in [0.15, 0.2) is 0 Å². The predicted molar refractivity (Wildman–Crippen MR) is 207 cm³/mol. The van der Waals surface area contributed by atoms with E-state index in [9.17, 15) is 0 Å². The molecule has 1 aliphatic heterocycles. The van der Waals surface area contributed by atoms with Crippen molar-refractivity contribution in [3.05, 3.63) is 53.4 Å². The van der Waals surface area contributed by atoms with Crippen LogP contribution >= 0.6 is 42.0 Å². The van der Waals surface area contributed by atoms with Crippen LogP contribution < -0.4 is 14.1 Å².